The van der Waals surface area contributed by atoms with Gasteiger partial charge in [0.25, 0.3) is 0 Å². The summed E-state index contributed by atoms with van der Waals surface area (Å²) >= 11 is 14.3. The molecule has 0 saturated carbocycles. The first kappa shape index (κ1) is 29.7. The van der Waals surface area contributed by atoms with Crippen molar-refractivity contribution < 1.29 is 33.3 Å². The van der Waals surface area contributed by atoms with Gasteiger partial charge in [-0.15, -0.1) is 16.4 Å². The summed E-state index contributed by atoms with van der Waals surface area (Å²) in [7, 11) is 0. The molecule has 17 heteroatoms. The van der Waals surface area contributed by atoms with E-state index in [9.17, 15) is 19.6 Å². The number of carbonyl (C=O) groups is 3. The number of pyridine rings is 1. The first-order chi connectivity index (χ1) is 19.0. The second kappa shape index (κ2) is 12.9. The zero-order valence-corrected chi connectivity index (χ0v) is 24.2. The Labute approximate surface area is 245 Å². The van der Waals surface area contributed by atoms with Crippen molar-refractivity contribution >= 4 is 64.2 Å². The van der Waals surface area contributed by atoms with Gasteiger partial charge in [-0.2, -0.15) is 5.26 Å². The third-order valence-corrected chi connectivity index (χ3v) is 7.76. The SMILES string of the molecule is CC(=O)OC[C@H]1O[C@H](Sc2cc(Cl)cnc2C#N)[C@H](OC(C)=O)[C@@H](n2cc(-c3csc(Cl)n3)nn2)[C@H]1OC(C)=O. The quantitative estimate of drug-likeness (QED) is 0.263. The summed E-state index contributed by atoms with van der Waals surface area (Å²) < 4.78 is 24.4. The Bertz CT molecular complexity index is 1460. The Hall–Kier alpha value is -3.29. The first-order valence-corrected chi connectivity index (χ1v) is 14.0. The number of nitrogens with zero attached hydrogens (tertiary/aromatic N) is 6. The number of thioether (sulfide) groups is 1. The molecule has 3 aromatic rings. The van der Waals surface area contributed by atoms with Gasteiger partial charge in [-0.05, 0) is 6.07 Å². The second-order valence-corrected chi connectivity index (χ2v) is 11.3. The lowest BCUT2D eigenvalue weighted by Gasteiger charge is -2.44. The van der Waals surface area contributed by atoms with Crippen molar-refractivity contribution in [1.82, 2.24) is 25.0 Å². The van der Waals surface area contributed by atoms with Crippen LogP contribution < -0.4 is 0 Å². The molecule has 1 saturated heterocycles. The highest BCUT2D eigenvalue weighted by atomic mass is 35.5. The van der Waals surface area contributed by atoms with Crippen LogP contribution in [0.4, 0.5) is 0 Å². The molecule has 5 atom stereocenters. The summed E-state index contributed by atoms with van der Waals surface area (Å²) in [5, 5.41) is 19.9. The molecule has 0 bridgehead atoms. The molecular formula is C23H20Cl2N6O7S2. The van der Waals surface area contributed by atoms with E-state index in [1.54, 1.807) is 5.38 Å². The normalized spacial score (nSPS) is 22.2. The fraction of sp³-hybridized carbons (Fsp3) is 0.391. The van der Waals surface area contributed by atoms with Gasteiger partial charge in [-0.1, -0.05) is 40.2 Å². The number of thiazole rings is 1. The molecule has 0 radical (unpaired) electrons. The summed E-state index contributed by atoms with van der Waals surface area (Å²) in [6.45, 7) is 3.31. The molecule has 3 aromatic heterocycles. The van der Waals surface area contributed by atoms with Crippen molar-refractivity contribution in [3.63, 3.8) is 0 Å². The summed E-state index contributed by atoms with van der Waals surface area (Å²) in [4.78, 5) is 44.7. The van der Waals surface area contributed by atoms with E-state index in [0.717, 1.165) is 11.8 Å². The van der Waals surface area contributed by atoms with Crippen LogP contribution in [0.3, 0.4) is 0 Å². The maximum atomic E-state index is 12.3. The van der Waals surface area contributed by atoms with Gasteiger partial charge in [0.05, 0.1) is 11.2 Å². The highest BCUT2D eigenvalue weighted by Gasteiger charge is 2.52. The molecule has 0 N–H and O–H groups in total. The monoisotopic (exact) mass is 626 g/mol. The molecule has 210 valence electrons. The predicted octanol–water partition coefficient (Wildman–Crippen LogP) is 3.46. The molecule has 0 unspecified atom stereocenters. The minimum atomic E-state index is -1.15. The van der Waals surface area contributed by atoms with Crippen molar-refractivity contribution in [1.29, 1.82) is 5.26 Å². The van der Waals surface area contributed by atoms with Gasteiger partial charge in [-0.3, -0.25) is 14.4 Å². The molecule has 1 aliphatic heterocycles. The lowest BCUT2D eigenvalue weighted by molar-refractivity contribution is -0.212. The molecule has 1 fully saturated rings. The Morgan fingerprint density at radius 3 is 2.50 bits per heavy atom. The van der Waals surface area contributed by atoms with Crippen molar-refractivity contribution in [2.45, 2.75) is 55.5 Å². The van der Waals surface area contributed by atoms with Gasteiger partial charge in [0.2, 0.25) is 0 Å². The Morgan fingerprint density at radius 1 is 1.15 bits per heavy atom. The molecule has 4 rings (SSSR count). The van der Waals surface area contributed by atoms with E-state index < -0.39 is 47.7 Å². The molecular weight excluding hydrogens is 607 g/mol. The maximum Gasteiger partial charge on any atom is 0.303 e. The van der Waals surface area contributed by atoms with E-state index in [4.69, 9.17) is 42.1 Å². The standard InChI is InChI=1S/C23H20Cl2N6O7S2/c1-10(32)35-8-17-20(36-11(2)33)19(31-7-15(29-30-31)16-9-39-23(25)28-16)21(37-12(3)34)22(38-17)40-18-4-13(24)6-27-14(18)5-26/h4,6-7,9,17,19-22H,8H2,1-3H3/t17-,19+,20+,21-,22-/m1/s1. The molecule has 1 aliphatic rings. The van der Waals surface area contributed by atoms with Gasteiger partial charge in [0.15, 0.2) is 22.4 Å². The van der Waals surface area contributed by atoms with E-state index in [1.165, 1.54) is 55.2 Å². The van der Waals surface area contributed by atoms with E-state index in [2.05, 4.69) is 20.3 Å². The third-order valence-electron chi connectivity index (χ3n) is 5.39. The molecule has 0 spiro atoms. The Balaban J connectivity index is 1.82. The molecule has 13 nitrogen and oxygen atoms in total. The van der Waals surface area contributed by atoms with Crippen LogP contribution in [0.2, 0.25) is 9.49 Å². The summed E-state index contributed by atoms with van der Waals surface area (Å²) in [5.74, 6) is -1.93. The number of aromatic nitrogens is 5. The first-order valence-electron chi connectivity index (χ1n) is 11.4. The zero-order chi connectivity index (χ0) is 29.0. The molecule has 0 aromatic carbocycles. The van der Waals surface area contributed by atoms with Crippen LogP contribution in [0.5, 0.6) is 0 Å². The number of carbonyl (C=O) groups excluding carboxylic acids is 3. The number of hydrogen-bond acceptors (Lipinski definition) is 14. The van der Waals surface area contributed by atoms with Crippen molar-refractivity contribution in [3.8, 4) is 17.5 Å². The summed E-state index contributed by atoms with van der Waals surface area (Å²) in [6, 6.07) is 2.48. The lowest BCUT2D eigenvalue weighted by atomic mass is 9.96. The van der Waals surface area contributed by atoms with Gasteiger partial charge in [0.1, 0.15) is 41.6 Å². The Kier molecular flexibility index (Phi) is 9.59. The van der Waals surface area contributed by atoms with E-state index in [1.807, 2.05) is 6.07 Å². The van der Waals surface area contributed by atoms with Gasteiger partial charge >= 0.3 is 17.9 Å². The van der Waals surface area contributed by atoms with Crippen molar-refractivity contribution in [2.24, 2.45) is 0 Å². The number of hydrogen-bond donors (Lipinski definition) is 0. The van der Waals surface area contributed by atoms with Crippen LogP contribution in [0, 0.1) is 11.3 Å². The predicted molar refractivity (Wildman–Crippen MR) is 141 cm³/mol. The second-order valence-electron chi connectivity index (χ2n) is 8.28. The molecule has 0 amide bonds. The number of ether oxygens (including phenoxy) is 4. The van der Waals surface area contributed by atoms with Crippen LogP contribution in [0.1, 0.15) is 32.5 Å². The molecule has 4 heterocycles. The van der Waals surface area contributed by atoms with Crippen LogP contribution in [0.15, 0.2) is 28.7 Å². The zero-order valence-electron chi connectivity index (χ0n) is 21.0. The van der Waals surface area contributed by atoms with Gasteiger partial charge < -0.3 is 18.9 Å². The fourth-order valence-corrected chi connectivity index (χ4v) is 6.09. The third kappa shape index (κ3) is 7.07. The topological polar surface area (TPSA) is 168 Å². The van der Waals surface area contributed by atoms with Crippen LogP contribution >= 0.6 is 46.3 Å². The minimum absolute atomic E-state index is 0.0539. The van der Waals surface area contributed by atoms with Crippen LogP contribution in [-0.2, 0) is 33.3 Å². The van der Waals surface area contributed by atoms with E-state index in [-0.39, 0.29) is 17.3 Å². The molecule has 40 heavy (non-hydrogen) atoms. The van der Waals surface area contributed by atoms with Crippen LogP contribution in [-0.4, -0.2) is 73.2 Å². The van der Waals surface area contributed by atoms with Crippen LogP contribution in [0.25, 0.3) is 11.4 Å². The average molecular weight is 627 g/mol. The highest BCUT2D eigenvalue weighted by molar-refractivity contribution is 7.99. The average Bonchev–Trinajstić information content (AvgIpc) is 3.53. The smallest absolute Gasteiger partial charge is 0.303 e. The minimum Gasteiger partial charge on any atom is -0.463 e. The van der Waals surface area contributed by atoms with E-state index >= 15 is 0 Å². The fourth-order valence-electron chi connectivity index (χ4n) is 3.91. The Morgan fingerprint density at radius 2 is 1.88 bits per heavy atom. The number of halogens is 2. The largest absolute Gasteiger partial charge is 0.463 e. The number of rotatable bonds is 8. The maximum absolute atomic E-state index is 12.3. The number of nitriles is 1. The molecule has 0 aliphatic carbocycles. The van der Waals surface area contributed by atoms with Gasteiger partial charge in [-0.25, -0.2) is 14.6 Å². The van der Waals surface area contributed by atoms with E-state index in [0.29, 0.717) is 20.8 Å². The van der Waals surface area contributed by atoms with Crippen molar-refractivity contribution in [3.05, 3.63) is 39.0 Å². The summed E-state index contributed by atoms with van der Waals surface area (Å²) in [6.07, 6.45) is -0.499. The van der Waals surface area contributed by atoms with Crippen molar-refractivity contribution in [2.75, 3.05) is 6.61 Å². The summed E-state index contributed by atoms with van der Waals surface area (Å²) in [5.41, 5.74) is -0.176. The lowest BCUT2D eigenvalue weighted by Crippen LogP contribution is -2.57. The number of esters is 3. The van der Waals surface area contributed by atoms with Gasteiger partial charge in [0, 0.05) is 37.2 Å². The highest BCUT2D eigenvalue weighted by Crippen LogP contribution is 2.42.